The molecule has 0 spiro atoms. The second kappa shape index (κ2) is 8.40. The van der Waals surface area contributed by atoms with E-state index in [1.54, 1.807) is 5.48 Å². The van der Waals surface area contributed by atoms with Crippen molar-refractivity contribution in [2.45, 2.75) is 43.9 Å². The van der Waals surface area contributed by atoms with Gasteiger partial charge in [-0.25, -0.2) is 5.48 Å². The highest BCUT2D eigenvalue weighted by molar-refractivity contribution is 5.84. The number of hydroxylamine groups is 1. The number of carbonyl (C=O) groups excluding carboxylic acids is 1. The molecule has 1 amide bonds. The number of amides is 1. The first-order chi connectivity index (χ1) is 13.8. The Hall–Kier alpha value is -2.92. The van der Waals surface area contributed by atoms with Gasteiger partial charge in [-0.15, -0.1) is 0 Å². The highest BCUT2D eigenvalue weighted by Crippen LogP contribution is 2.43. The quantitative estimate of drug-likeness (QED) is 0.287. The van der Waals surface area contributed by atoms with Crippen LogP contribution in [0.5, 0.6) is 0 Å². The van der Waals surface area contributed by atoms with E-state index in [-0.39, 0.29) is 11.8 Å². The molecule has 5 nitrogen and oxygen atoms in total. The fourth-order valence-corrected chi connectivity index (χ4v) is 4.16. The summed E-state index contributed by atoms with van der Waals surface area (Å²) in [6.45, 7) is 0. The molecule has 3 aromatic rings. The summed E-state index contributed by atoms with van der Waals surface area (Å²) >= 11 is 0. The lowest BCUT2D eigenvalue weighted by molar-refractivity contribution is -0.129. The zero-order valence-corrected chi connectivity index (χ0v) is 15.8. The van der Waals surface area contributed by atoms with Crippen molar-refractivity contribution < 1.29 is 10.0 Å². The molecule has 2 atom stereocenters. The van der Waals surface area contributed by atoms with Gasteiger partial charge in [-0.3, -0.25) is 15.0 Å². The third-order valence-corrected chi connectivity index (χ3v) is 5.60. The van der Waals surface area contributed by atoms with Crippen molar-refractivity contribution in [3.05, 3.63) is 65.9 Å². The molecule has 0 radical (unpaired) electrons. The van der Waals surface area contributed by atoms with Crippen LogP contribution in [0.15, 0.2) is 59.6 Å². The van der Waals surface area contributed by atoms with Crippen LogP contribution in [0.1, 0.15) is 55.2 Å². The summed E-state index contributed by atoms with van der Waals surface area (Å²) < 4.78 is 0. The molecule has 2 unspecified atom stereocenters. The molecule has 1 aromatic heterocycles. The number of nitrogens with zero attached hydrogens (tertiary/aromatic N) is 1. The number of carbonyl (C=O) groups is 1. The number of unbranched alkanes of at least 4 members (excludes halogenated alkanes) is 2. The lowest BCUT2D eigenvalue weighted by Gasteiger charge is -2.22. The van der Waals surface area contributed by atoms with Crippen LogP contribution in [0.25, 0.3) is 10.9 Å². The Labute approximate surface area is 164 Å². The maximum Gasteiger partial charge on any atom is 0.243 e. The molecule has 1 aliphatic heterocycles. The first-order valence-electron chi connectivity index (χ1n) is 9.90. The summed E-state index contributed by atoms with van der Waals surface area (Å²) in [5.41, 5.74) is 6.44. The minimum atomic E-state index is -0.316. The Morgan fingerprint density at radius 1 is 1.11 bits per heavy atom. The van der Waals surface area contributed by atoms with Crippen molar-refractivity contribution in [1.82, 2.24) is 10.5 Å². The van der Waals surface area contributed by atoms with Gasteiger partial charge in [0, 0.05) is 35.7 Å². The fourth-order valence-electron chi connectivity index (χ4n) is 4.16. The van der Waals surface area contributed by atoms with E-state index in [4.69, 9.17) is 5.21 Å². The number of aromatic nitrogens is 1. The van der Waals surface area contributed by atoms with Crippen LogP contribution in [-0.4, -0.2) is 22.3 Å². The van der Waals surface area contributed by atoms with E-state index in [0.29, 0.717) is 12.3 Å². The Bertz CT molecular complexity index is 959. The highest BCUT2D eigenvalue weighted by atomic mass is 16.5. The first-order valence-corrected chi connectivity index (χ1v) is 9.90. The topological polar surface area (TPSA) is 77.5 Å². The van der Waals surface area contributed by atoms with Gasteiger partial charge >= 0.3 is 0 Å². The van der Waals surface area contributed by atoms with E-state index in [2.05, 4.69) is 64.7 Å². The van der Waals surface area contributed by atoms with Crippen molar-refractivity contribution in [3.63, 3.8) is 0 Å². The minimum absolute atomic E-state index is 0.255. The van der Waals surface area contributed by atoms with Crippen molar-refractivity contribution in [3.8, 4) is 0 Å². The van der Waals surface area contributed by atoms with E-state index < -0.39 is 0 Å². The highest BCUT2D eigenvalue weighted by Gasteiger charge is 2.29. The summed E-state index contributed by atoms with van der Waals surface area (Å²) in [7, 11) is 0. The van der Waals surface area contributed by atoms with E-state index in [1.807, 2.05) is 6.07 Å². The van der Waals surface area contributed by atoms with Crippen LogP contribution in [0.2, 0.25) is 0 Å². The summed E-state index contributed by atoms with van der Waals surface area (Å²) in [5, 5.41) is 9.84. The predicted molar refractivity (Wildman–Crippen MR) is 111 cm³/mol. The summed E-state index contributed by atoms with van der Waals surface area (Å²) in [6, 6.07) is 19.0. The van der Waals surface area contributed by atoms with Crippen molar-refractivity contribution in [2.75, 3.05) is 0 Å². The molecular formula is C23H25N3O2. The van der Waals surface area contributed by atoms with Gasteiger partial charge in [0.15, 0.2) is 0 Å². The Balaban J connectivity index is 1.53. The van der Waals surface area contributed by atoms with E-state index in [0.717, 1.165) is 36.9 Å². The van der Waals surface area contributed by atoms with Crippen molar-refractivity contribution in [1.29, 1.82) is 0 Å². The predicted octanol–water partition coefficient (Wildman–Crippen LogP) is 5.21. The molecule has 2 aromatic carbocycles. The number of aromatic amines is 1. The Morgan fingerprint density at radius 3 is 2.79 bits per heavy atom. The van der Waals surface area contributed by atoms with Crippen molar-refractivity contribution >= 4 is 28.7 Å². The van der Waals surface area contributed by atoms with Gasteiger partial charge in [0.05, 0.1) is 5.69 Å². The monoisotopic (exact) mass is 375 g/mol. The van der Waals surface area contributed by atoms with E-state index in [1.165, 1.54) is 16.6 Å². The molecule has 0 fully saturated rings. The maximum atomic E-state index is 11.2. The van der Waals surface area contributed by atoms with Crippen molar-refractivity contribution in [2.24, 2.45) is 4.99 Å². The minimum Gasteiger partial charge on any atom is -0.358 e. The summed E-state index contributed by atoms with van der Waals surface area (Å²) in [4.78, 5) is 19.4. The summed E-state index contributed by atoms with van der Waals surface area (Å²) in [5.74, 6) is 0.250. The number of H-pyrrole nitrogens is 1. The third-order valence-electron chi connectivity index (χ3n) is 5.60. The van der Waals surface area contributed by atoms with Gasteiger partial charge < -0.3 is 4.98 Å². The number of hydrogen-bond donors (Lipinski definition) is 3. The standard InChI is InChI=1S/C23H25N3O2/c27-23(26-28)13-3-1-2-9-18(19-15-24-21-12-7-5-10-17(19)21)22-14-16-8-4-6-11-20(16)25-22/h4-8,10-12,14-15,18-19,25,28H,1-3,9,13H2,(H,26,27). The third kappa shape index (κ3) is 3.85. The van der Waals surface area contributed by atoms with Gasteiger partial charge in [0.1, 0.15) is 0 Å². The molecule has 2 heterocycles. The fraction of sp³-hybridized carbons (Fsp3) is 0.304. The Kier molecular flexibility index (Phi) is 5.53. The van der Waals surface area contributed by atoms with Gasteiger partial charge in [0.2, 0.25) is 5.91 Å². The van der Waals surface area contributed by atoms with Crippen LogP contribution in [0.3, 0.4) is 0 Å². The second-order valence-corrected chi connectivity index (χ2v) is 7.42. The zero-order chi connectivity index (χ0) is 19.3. The molecule has 1 aliphatic rings. The molecule has 0 saturated heterocycles. The Morgan fingerprint density at radius 2 is 1.93 bits per heavy atom. The molecule has 5 heteroatoms. The molecular weight excluding hydrogens is 350 g/mol. The zero-order valence-electron chi connectivity index (χ0n) is 15.8. The van der Waals surface area contributed by atoms with Crippen LogP contribution in [0.4, 0.5) is 5.69 Å². The van der Waals surface area contributed by atoms with E-state index >= 15 is 0 Å². The second-order valence-electron chi connectivity index (χ2n) is 7.42. The molecule has 0 saturated carbocycles. The number of fused-ring (bicyclic) bond motifs is 2. The summed E-state index contributed by atoms with van der Waals surface area (Å²) in [6.07, 6.45) is 6.21. The van der Waals surface area contributed by atoms with Crippen LogP contribution < -0.4 is 5.48 Å². The molecule has 28 heavy (non-hydrogen) atoms. The molecule has 3 N–H and O–H groups in total. The smallest absolute Gasteiger partial charge is 0.243 e. The maximum absolute atomic E-state index is 11.2. The molecule has 4 rings (SSSR count). The number of benzene rings is 2. The number of nitrogens with one attached hydrogen (secondary N) is 2. The molecule has 144 valence electrons. The molecule has 0 bridgehead atoms. The first kappa shape index (κ1) is 18.4. The van der Waals surface area contributed by atoms with Gasteiger partial charge in [-0.1, -0.05) is 49.2 Å². The number of rotatable bonds is 8. The van der Waals surface area contributed by atoms with Gasteiger partial charge in [0.25, 0.3) is 0 Å². The average molecular weight is 375 g/mol. The number of aliphatic imine (C=N–C) groups is 1. The number of para-hydroxylation sites is 2. The van der Waals surface area contributed by atoms with Gasteiger partial charge in [-0.2, -0.15) is 0 Å². The lowest BCUT2D eigenvalue weighted by atomic mass is 9.82. The average Bonchev–Trinajstić information content (AvgIpc) is 3.34. The van der Waals surface area contributed by atoms with Crippen LogP contribution >= 0.6 is 0 Å². The van der Waals surface area contributed by atoms with Crippen LogP contribution in [0, 0.1) is 0 Å². The normalized spacial score (nSPS) is 16.2. The lowest BCUT2D eigenvalue weighted by Crippen LogP contribution is -2.17. The van der Waals surface area contributed by atoms with E-state index in [9.17, 15) is 4.79 Å². The SMILES string of the molecule is O=C(CCCCCC(c1cc2ccccc2[nH]1)C1C=Nc2ccccc21)NO. The van der Waals surface area contributed by atoms with Gasteiger partial charge in [-0.05, 0) is 42.0 Å². The number of hydrogen-bond acceptors (Lipinski definition) is 3. The molecule has 0 aliphatic carbocycles. The van der Waals surface area contributed by atoms with Crippen LogP contribution in [-0.2, 0) is 4.79 Å². The largest absolute Gasteiger partial charge is 0.358 e.